The number of pyridine rings is 1. The molecular formula is C15H10BrF3N4O. The maximum absolute atomic E-state index is 12.8. The van der Waals surface area contributed by atoms with Crippen molar-refractivity contribution in [3.8, 4) is 0 Å². The van der Waals surface area contributed by atoms with Gasteiger partial charge in [-0.2, -0.15) is 18.3 Å². The summed E-state index contributed by atoms with van der Waals surface area (Å²) in [6.45, 7) is 0. The highest BCUT2D eigenvalue weighted by Crippen LogP contribution is 2.30. The Labute approximate surface area is 142 Å². The van der Waals surface area contributed by atoms with E-state index in [1.54, 1.807) is 24.4 Å². The largest absolute Gasteiger partial charge is 0.433 e. The third-order valence-corrected chi connectivity index (χ3v) is 4.06. The second-order valence-corrected chi connectivity index (χ2v) is 5.84. The van der Waals surface area contributed by atoms with E-state index >= 15 is 0 Å². The summed E-state index contributed by atoms with van der Waals surface area (Å²) in [6.07, 6.45) is -3.01. The van der Waals surface area contributed by atoms with Crippen LogP contribution in [0.5, 0.6) is 0 Å². The standard InChI is InChI=1S/C15H10BrF3N4O/c1-23-12(15(17,18)19)7-11(22-23)14(24)21-10-5-4-9(16)8-3-2-6-20-13(8)10/h2-7H,1H3,(H,21,24). The lowest BCUT2D eigenvalue weighted by atomic mass is 10.2. The van der Waals surface area contributed by atoms with Crippen LogP contribution in [0.25, 0.3) is 10.9 Å². The Morgan fingerprint density at radius 2 is 2.04 bits per heavy atom. The minimum absolute atomic E-state index is 0.322. The lowest BCUT2D eigenvalue weighted by molar-refractivity contribution is -0.143. The number of nitrogens with zero attached hydrogens (tertiary/aromatic N) is 3. The van der Waals surface area contributed by atoms with Crippen molar-refractivity contribution in [3.63, 3.8) is 0 Å². The number of benzene rings is 1. The molecule has 0 atom stereocenters. The number of nitrogens with one attached hydrogen (secondary N) is 1. The number of aryl methyl sites for hydroxylation is 1. The lowest BCUT2D eigenvalue weighted by Gasteiger charge is -2.08. The molecule has 0 fully saturated rings. The average Bonchev–Trinajstić information content (AvgIpc) is 2.92. The molecule has 3 aromatic rings. The number of carbonyl (C=O) groups is 1. The van der Waals surface area contributed by atoms with Gasteiger partial charge in [0.1, 0.15) is 5.69 Å². The van der Waals surface area contributed by atoms with Gasteiger partial charge in [-0.05, 0) is 18.2 Å². The third-order valence-electron chi connectivity index (χ3n) is 3.37. The molecule has 0 radical (unpaired) electrons. The molecule has 1 aromatic carbocycles. The van der Waals surface area contributed by atoms with Gasteiger partial charge in [0, 0.05) is 29.2 Å². The van der Waals surface area contributed by atoms with Crippen LogP contribution < -0.4 is 5.32 Å². The number of hydrogen-bond acceptors (Lipinski definition) is 3. The summed E-state index contributed by atoms with van der Waals surface area (Å²) in [7, 11) is 1.14. The maximum atomic E-state index is 12.8. The first-order valence-electron chi connectivity index (χ1n) is 6.73. The summed E-state index contributed by atoms with van der Waals surface area (Å²) in [6, 6.07) is 7.60. The van der Waals surface area contributed by atoms with Crippen LogP contribution >= 0.6 is 15.9 Å². The molecule has 1 N–H and O–H groups in total. The Morgan fingerprint density at radius 3 is 2.71 bits per heavy atom. The SMILES string of the molecule is Cn1nc(C(=O)Nc2ccc(Br)c3cccnc23)cc1C(F)(F)F. The summed E-state index contributed by atoms with van der Waals surface area (Å²) in [5, 5.41) is 6.95. The van der Waals surface area contributed by atoms with Crippen molar-refractivity contribution in [2.24, 2.45) is 7.05 Å². The van der Waals surface area contributed by atoms with E-state index in [1.165, 1.54) is 0 Å². The fourth-order valence-electron chi connectivity index (χ4n) is 2.27. The number of anilines is 1. The zero-order chi connectivity index (χ0) is 17.5. The fourth-order valence-corrected chi connectivity index (χ4v) is 2.72. The van der Waals surface area contributed by atoms with Crippen molar-refractivity contribution in [3.05, 3.63) is 52.4 Å². The monoisotopic (exact) mass is 398 g/mol. The van der Waals surface area contributed by atoms with E-state index in [9.17, 15) is 18.0 Å². The predicted molar refractivity (Wildman–Crippen MR) is 85.6 cm³/mol. The summed E-state index contributed by atoms with van der Waals surface area (Å²) in [5.74, 6) is -0.740. The third kappa shape index (κ3) is 2.99. The molecule has 24 heavy (non-hydrogen) atoms. The van der Waals surface area contributed by atoms with Gasteiger partial charge >= 0.3 is 6.18 Å². The van der Waals surface area contributed by atoms with Gasteiger partial charge < -0.3 is 5.32 Å². The van der Waals surface area contributed by atoms with Crippen molar-refractivity contribution < 1.29 is 18.0 Å². The molecule has 124 valence electrons. The van der Waals surface area contributed by atoms with Gasteiger partial charge in [0.25, 0.3) is 5.91 Å². The number of alkyl halides is 3. The van der Waals surface area contributed by atoms with E-state index in [0.29, 0.717) is 22.0 Å². The second kappa shape index (κ2) is 5.90. The van der Waals surface area contributed by atoms with Gasteiger partial charge in [0.2, 0.25) is 0 Å². The lowest BCUT2D eigenvalue weighted by Crippen LogP contribution is -2.13. The molecule has 0 saturated carbocycles. The molecule has 1 amide bonds. The Bertz CT molecular complexity index is 936. The van der Waals surface area contributed by atoms with Crippen LogP contribution in [0.4, 0.5) is 18.9 Å². The number of halogens is 4. The van der Waals surface area contributed by atoms with Gasteiger partial charge in [0.15, 0.2) is 5.69 Å². The summed E-state index contributed by atoms with van der Waals surface area (Å²) in [4.78, 5) is 16.4. The summed E-state index contributed by atoms with van der Waals surface area (Å²) in [5.41, 5.74) is -0.409. The highest BCUT2D eigenvalue weighted by Gasteiger charge is 2.35. The van der Waals surface area contributed by atoms with E-state index < -0.39 is 17.8 Å². The smallest absolute Gasteiger partial charge is 0.319 e. The zero-order valence-corrected chi connectivity index (χ0v) is 13.8. The van der Waals surface area contributed by atoms with Crippen molar-refractivity contribution in [1.82, 2.24) is 14.8 Å². The van der Waals surface area contributed by atoms with E-state index in [1.807, 2.05) is 6.07 Å². The first-order chi connectivity index (χ1) is 11.3. The highest BCUT2D eigenvalue weighted by atomic mass is 79.9. The fraction of sp³-hybridized carbons (Fsp3) is 0.133. The molecule has 0 aliphatic rings. The van der Waals surface area contributed by atoms with Crippen LogP contribution in [0.2, 0.25) is 0 Å². The minimum atomic E-state index is -4.58. The molecule has 0 spiro atoms. The normalized spacial score (nSPS) is 11.7. The zero-order valence-electron chi connectivity index (χ0n) is 12.2. The number of rotatable bonds is 2. The molecule has 3 rings (SSSR count). The number of hydrogen-bond donors (Lipinski definition) is 1. The number of carbonyl (C=O) groups excluding carboxylic acids is 1. The summed E-state index contributed by atoms with van der Waals surface area (Å²) >= 11 is 3.38. The predicted octanol–water partition coefficient (Wildman–Crippen LogP) is 4.00. The highest BCUT2D eigenvalue weighted by molar-refractivity contribution is 9.10. The number of aromatic nitrogens is 3. The quantitative estimate of drug-likeness (QED) is 0.709. The molecule has 9 heteroatoms. The van der Waals surface area contributed by atoms with E-state index in [2.05, 4.69) is 31.3 Å². The second-order valence-electron chi connectivity index (χ2n) is 4.98. The average molecular weight is 399 g/mol. The molecule has 0 unspecified atom stereocenters. The Balaban J connectivity index is 1.95. The number of fused-ring (bicyclic) bond motifs is 1. The topological polar surface area (TPSA) is 59.8 Å². The van der Waals surface area contributed by atoms with Gasteiger partial charge in [-0.3, -0.25) is 14.5 Å². The van der Waals surface area contributed by atoms with Crippen LogP contribution in [0.1, 0.15) is 16.2 Å². The van der Waals surface area contributed by atoms with Crippen molar-refractivity contribution >= 4 is 38.4 Å². The Morgan fingerprint density at radius 1 is 1.29 bits per heavy atom. The van der Waals surface area contributed by atoms with Crippen LogP contribution in [-0.4, -0.2) is 20.7 Å². The molecule has 0 saturated heterocycles. The van der Waals surface area contributed by atoms with Crippen LogP contribution in [-0.2, 0) is 13.2 Å². The maximum Gasteiger partial charge on any atom is 0.433 e. The molecule has 5 nitrogen and oxygen atoms in total. The van der Waals surface area contributed by atoms with Crippen molar-refractivity contribution in [1.29, 1.82) is 0 Å². The molecule has 0 bridgehead atoms. The number of amides is 1. The van der Waals surface area contributed by atoms with Crippen LogP contribution in [0.3, 0.4) is 0 Å². The van der Waals surface area contributed by atoms with Gasteiger partial charge in [-0.15, -0.1) is 0 Å². The molecule has 2 heterocycles. The van der Waals surface area contributed by atoms with Gasteiger partial charge in [-0.1, -0.05) is 22.0 Å². The van der Waals surface area contributed by atoms with E-state index in [-0.39, 0.29) is 5.69 Å². The van der Waals surface area contributed by atoms with E-state index in [0.717, 1.165) is 16.9 Å². The van der Waals surface area contributed by atoms with Gasteiger partial charge in [-0.25, -0.2) is 0 Å². The van der Waals surface area contributed by atoms with Crippen LogP contribution in [0, 0.1) is 0 Å². The van der Waals surface area contributed by atoms with Crippen molar-refractivity contribution in [2.45, 2.75) is 6.18 Å². The first kappa shape index (κ1) is 16.4. The minimum Gasteiger partial charge on any atom is -0.319 e. The molecular weight excluding hydrogens is 389 g/mol. The Hall–Kier alpha value is -2.42. The Kier molecular flexibility index (Phi) is 4.04. The van der Waals surface area contributed by atoms with Gasteiger partial charge in [0.05, 0.1) is 11.2 Å². The molecule has 2 aromatic heterocycles. The molecule has 0 aliphatic heterocycles. The summed E-state index contributed by atoms with van der Waals surface area (Å²) < 4.78 is 39.8. The van der Waals surface area contributed by atoms with Crippen LogP contribution in [0.15, 0.2) is 41.0 Å². The molecule has 0 aliphatic carbocycles. The van der Waals surface area contributed by atoms with E-state index in [4.69, 9.17) is 0 Å². The van der Waals surface area contributed by atoms with Crippen molar-refractivity contribution in [2.75, 3.05) is 5.32 Å². The first-order valence-corrected chi connectivity index (χ1v) is 7.52.